The smallest absolute Gasteiger partial charge is 0.158 e. The molecule has 6 heteroatoms. The molecule has 0 saturated carbocycles. The first-order valence-corrected chi connectivity index (χ1v) is 8.12. The van der Waals surface area contributed by atoms with Crippen molar-refractivity contribution in [2.75, 3.05) is 18.1 Å². The summed E-state index contributed by atoms with van der Waals surface area (Å²) in [5.74, 6) is 2.59. The van der Waals surface area contributed by atoms with Crippen LogP contribution in [-0.4, -0.2) is 37.8 Å². The van der Waals surface area contributed by atoms with Crippen molar-refractivity contribution in [3.63, 3.8) is 0 Å². The van der Waals surface area contributed by atoms with Crippen LogP contribution < -0.4 is 4.90 Å². The zero-order chi connectivity index (χ0) is 16.7. The lowest BCUT2D eigenvalue weighted by Crippen LogP contribution is -2.19. The lowest BCUT2D eigenvalue weighted by Gasteiger charge is -2.22. The first-order valence-electron chi connectivity index (χ1n) is 8.12. The molecular weight excluding hydrogens is 302 g/mol. The average molecular weight is 321 g/mol. The molecule has 0 saturated heterocycles. The van der Waals surface area contributed by atoms with Crippen LogP contribution in [0.4, 0.5) is 11.6 Å². The molecule has 24 heavy (non-hydrogen) atoms. The number of imidazole rings is 1. The van der Waals surface area contributed by atoms with Crippen LogP contribution >= 0.6 is 0 Å². The van der Waals surface area contributed by atoms with Crippen molar-refractivity contribution in [3.8, 4) is 17.1 Å². The number of aromatic nitrogens is 4. The van der Waals surface area contributed by atoms with Crippen LogP contribution in [0.5, 0.6) is 0 Å². The van der Waals surface area contributed by atoms with Gasteiger partial charge in [0.2, 0.25) is 0 Å². The Hall–Kier alpha value is -2.73. The molecule has 6 nitrogen and oxygen atoms in total. The molecule has 3 aromatic rings. The number of fused-ring (bicyclic) bond motifs is 5. The highest BCUT2D eigenvalue weighted by Gasteiger charge is 2.27. The highest BCUT2D eigenvalue weighted by atomic mass is 16.2. The van der Waals surface area contributed by atoms with Crippen molar-refractivity contribution < 1.29 is 5.11 Å². The summed E-state index contributed by atoms with van der Waals surface area (Å²) in [5.41, 5.74) is 3.91. The highest BCUT2D eigenvalue weighted by Crippen LogP contribution is 2.40. The largest absolute Gasteiger partial charge is 0.396 e. The Kier molecular flexibility index (Phi) is 3.54. The van der Waals surface area contributed by atoms with Gasteiger partial charge in [0.25, 0.3) is 0 Å². The Morgan fingerprint density at radius 3 is 2.88 bits per heavy atom. The Morgan fingerprint density at radius 2 is 2.08 bits per heavy atom. The fraction of sp³-hybridized carbons (Fsp3) is 0.278. The fourth-order valence-corrected chi connectivity index (χ4v) is 3.20. The zero-order valence-corrected chi connectivity index (χ0v) is 13.8. The number of aryl methyl sites for hydroxylation is 1. The molecule has 1 aliphatic rings. The molecule has 4 heterocycles. The third-order valence-electron chi connectivity index (χ3n) is 4.24. The minimum Gasteiger partial charge on any atom is -0.396 e. The second kappa shape index (κ2) is 5.72. The molecule has 4 rings (SSSR count). The Morgan fingerprint density at radius 1 is 1.21 bits per heavy atom. The molecule has 0 bridgehead atoms. The highest BCUT2D eigenvalue weighted by molar-refractivity contribution is 5.82. The van der Waals surface area contributed by atoms with Crippen LogP contribution in [0.15, 0.2) is 36.8 Å². The molecule has 122 valence electrons. The lowest BCUT2D eigenvalue weighted by atomic mass is 10.1. The Labute approximate surface area is 140 Å². The number of aliphatic hydroxyl groups excluding tert-OH is 1. The summed E-state index contributed by atoms with van der Waals surface area (Å²) >= 11 is 0. The van der Waals surface area contributed by atoms with Gasteiger partial charge in [-0.1, -0.05) is 0 Å². The van der Waals surface area contributed by atoms with E-state index in [0.717, 1.165) is 46.5 Å². The monoisotopic (exact) mass is 321 g/mol. The molecular formula is C18H19N5O. The lowest BCUT2D eigenvalue weighted by molar-refractivity contribution is 0.299. The van der Waals surface area contributed by atoms with Gasteiger partial charge in [0, 0.05) is 31.7 Å². The van der Waals surface area contributed by atoms with E-state index in [1.54, 1.807) is 6.20 Å². The summed E-state index contributed by atoms with van der Waals surface area (Å²) in [6.45, 7) is 4.94. The average Bonchev–Trinajstić information content (AvgIpc) is 2.94. The van der Waals surface area contributed by atoms with Gasteiger partial charge in [-0.2, -0.15) is 0 Å². The number of hydrogen-bond donors (Lipinski definition) is 1. The molecule has 0 aliphatic carbocycles. The summed E-state index contributed by atoms with van der Waals surface area (Å²) in [6, 6.07) is 6.06. The van der Waals surface area contributed by atoms with E-state index in [9.17, 15) is 5.11 Å². The van der Waals surface area contributed by atoms with Gasteiger partial charge in [0.1, 0.15) is 11.6 Å². The van der Waals surface area contributed by atoms with Crippen molar-refractivity contribution in [3.05, 3.63) is 48.0 Å². The van der Waals surface area contributed by atoms with Gasteiger partial charge in [-0.3, -0.25) is 4.57 Å². The van der Waals surface area contributed by atoms with E-state index in [0.29, 0.717) is 6.42 Å². The first kappa shape index (κ1) is 14.8. The van der Waals surface area contributed by atoms with Gasteiger partial charge >= 0.3 is 0 Å². The van der Waals surface area contributed by atoms with Crippen LogP contribution in [0.3, 0.4) is 0 Å². The van der Waals surface area contributed by atoms with Gasteiger partial charge in [0.05, 0.1) is 16.9 Å². The first-order chi connectivity index (χ1) is 11.7. The minimum atomic E-state index is 0.104. The van der Waals surface area contributed by atoms with Crippen LogP contribution in [0, 0.1) is 6.92 Å². The molecule has 0 amide bonds. The van der Waals surface area contributed by atoms with E-state index in [-0.39, 0.29) is 6.61 Å². The van der Waals surface area contributed by atoms with Gasteiger partial charge in [0.15, 0.2) is 5.82 Å². The Balaban J connectivity index is 2.05. The van der Waals surface area contributed by atoms with Crippen molar-refractivity contribution in [1.29, 1.82) is 0 Å². The zero-order valence-electron chi connectivity index (χ0n) is 13.8. The second-order valence-corrected chi connectivity index (χ2v) is 5.85. The van der Waals surface area contributed by atoms with Crippen molar-refractivity contribution in [1.82, 2.24) is 19.5 Å². The normalized spacial score (nSPS) is 12.4. The van der Waals surface area contributed by atoms with E-state index in [1.165, 1.54) is 0 Å². The number of anilines is 2. The standard InChI is InChI=1S/C18H19N5O/c1-3-22-16-14(9-13(6-8-24)10-20-16)17-21-12(2)11-23(17)15-5-4-7-19-18(15)22/h4-5,7,9-11,24H,3,6,8H2,1-2H3. The van der Waals surface area contributed by atoms with E-state index in [1.807, 2.05) is 25.4 Å². The Bertz CT molecular complexity index is 902. The SMILES string of the molecule is CCN1c2ncc(CCO)cc2-c2nc(C)cn2-c2cccnc21. The van der Waals surface area contributed by atoms with E-state index < -0.39 is 0 Å². The molecule has 3 aromatic heterocycles. The summed E-state index contributed by atoms with van der Waals surface area (Å²) in [6.07, 6.45) is 6.23. The maximum absolute atomic E-state index is 9.25. The molecule has 0 unspecified atom stereocenters. The van der Waals surface area contributed by atoms with Gasteiger partial charge in [-0.15, -0.1) is 0 Å². The van der Waals surface area contributed by atoms with E-state index >= 15 is 0 Å². The minimum absolute atomic E-state index is 0.104. The molecule has 1 N–H and O–H groups in total. The molecule has 1 aliphatic heterocycles. The summed E-state index contributed by atoms with van der Waals surface area (Å²) in [4.78, 5) is 16.1. The van der Waals surface area contributed by atoms with Crippen molar-refractivity contribution in [2.24, 2.45) is 0 Å². The van der Waals surface area contributed by atoms with Gasteiger partial charge in [-0.25, -0.2) is 15.0 Å². The maximum atomic E-state index is 9.25. The number of hydrogen-bond acceptors (Lipinski definition) is 5. The summed E-state index contributed by atoms with van der Waals surface area (Å²) in [7, 11) is 0. The maximum Gasteiger partial charge on any atom is 0.158 e. The van der Waals surface area contributed by atoms with Crippen molar-refractivity contribution >= 4 is 11.6 Å². The second-order valence-electron chi connectivity index (χ2n) is 5.85. The number of aliphatic hydroxyl groups is 1. The summed E-state index contributed by atoms with van der Waals surface area (Å²) < 4.78 is 2.08. The molecule has 0 radical (unpaired) electrons. The predicted octanol–water partition coefficient (Wildman–Crippen LogP) is 2.64. The van der Waals surface area contributed by atoms with Crippen LogP contribution in [0.2, 0.25) is 0 Å². The van der Waals surface area contributed by atoms with Crippen molar-refractivity contribution in [2.45, 2.75) is 20.3 Å². The van der Waals surface area contributed by atoms with E-state index in [2.05, 4.69) is 38.5 Å². The predicted molar refractivity (Wildman–Crippen MR) is 92.8 cm³/mol. The number of nitrogens with zero attached hydrogens (tertiary/aromatic N) is 5. The van der Waals surface area contributed by atoms with Crippen LogP contribution in [0.25, 0.3) is 17.1 Å². The number of pyridine rings is 2. The molecule has 0 aromatic carbocycles. The van der Waals surface area contributed by atoms with Crippen LogP contribution in [0.1, 0.15) is 18.2 Å². The van der Waals surface area contributed by atoms with E-state index in [4.69, 9.17) is 4.98 Å². The fourth-order valence-electron chi connectivity index (χ4n) is 3.20. The van der Waals surface area contributed by atoms with Gasteiger partial charge in [-0.05, 0) is 44.0 Å². The topological polar surface area (TPSA) is 67.1 Å². The molecule has 0 atom stereocenters. The third-order valence-corrected chi connectivity index (χ3v) is 4.24. The summed E-state index contributed by atoms with van der Waals surface area (Å²) in [5, 5.41) is 9.25. The van der Waals surface area contributed by atoms with Gasteiger partial charge < -0.3 is 10.0 Å². The number of rotatable bonds is 3. The molecule has 0 fully saturated rings. The van der Waals surface area contributed by atoms with Crippen LogP contribution in [-0.2, 0) is 6.42 Å². The molecule has 0 spiro atoms. The quantitative estimate of drug-likeness (QED) is 0.803. The third kappa shape index (κ3) is 2.18.